The van der Waals surface area contributed by atoms with Gasteiger partial charge in [0.15, 0.2) is 0 Å². The van der Waals surface area contributed by atoms with Gasteiger partial charge in [-0.15, -0.1) is 0 Å². The molecular formula is C18H16NO6-. The first kappa shape index (κ1) is 15.8. The monoisotopic (exact) mass is 342 g/mol. The summed E-state index contributed by atoms with van der Waals surface area (Å²) in [5, 5.41) is 11.5. The van der Waals surface area contributed by atoms with Gasteiger partial charge < -0.3 is 24.3 Å². The Morgan fingerprint density at radius 3 is 2.72 bits per heavy atom. The summed E-state index contributed by atoms with van der Waals surface area (Å²) in [6.45, 7) is 2.25. The van der Waals surface area contributed by atoms with Crippen molar-refractivity contribution in [2.24, 2.45) is 11.8 Å². The maximum Gasteiger partial charge on any atom is 0.338 e. The molecule has 2 saturated heterocycles. The standard InChI is InChI=1S/C18H17NO6/c1-2-24-17(23)10-3-5-11(6-4-10)19-9-18-8-7-12(25-18)13(16(21)22)14(18)15(19)20/h3-8,12-14H,2,9H2,1H3,(H,21,22)/p-1/t12-,13+,14+,18+/m0/s1. The Morgan fingerprint density at radius 1 is 1.36 bits per heavy atom. The Balaban J connectivity index is 1.61. The molecule has 2 fully saturated rings. The molecule has 25 heavy (non-hydrogen) atoms. The highest BCUT2D eigenvalue weighted by molar-refractivity contribution is 6.02. The third-order valence-electron chi connectivity index (χ3n) is 5.06. The number of carbonyl (C=O) groups is 3. The lowest BCUT2D eigenvalue weighted by Crippen LogP contribution is -2.45. The van der Waals surface area contributed by atoms with E-state index < -0.39 is 35.5 Å². The van der Waals surface area contributed by atoms with Crippen LogP contribution in [0, 0.1) is 11.8 Å². The molecule has 0 aliphatic carbocycles. The highest BCUT2D eigenvalue weighted by Crippen LogP contribution is 2.52. The van der Waals surface area contributed by atoms with Crippen molar-refractivity contribution < 1.29 is 29.0 Å². The maximum atomic E-state index is 12.8. The van der Waals surface area contributed by atoms with Crippen LogP contribution in [0.15, 0.2) is 36.4 Å². The highest BCUT2D eigenvalue weighted by atomic mass is 16.5. The van der Waals surface area contributed by atoms with Crippen molar-refractivity contribution in [3.05, 3.63) is 42.0 Å². The number of fused-ring (bicyclic) bond motifs is 1. The predicted molar refractivity (Wildman–Crippen MR) is 83.5 cm³/mol. The van der Waals surface area contributed by atoms with Gasteiger partial charge in [0.2, 0.25) is 5.91 Å². The first-order valence-corrected chi connectivity index (χ1v) is 8.13. The Morgan fingerprint density at radius 2 is 2.08 bits per heavy atom. The summed E-state index contributed by atoms with van der Waals surface area (Å²) in [5.74, 6) is -3.75. The van der Waals surface area contributed by atoms with Crippen molar-refractivity contribution in [3.63, 3.8) is 0 Å². The average molecular weight is 342 g/mol. The van der Waals surface area contributed by atoms with Crippen LogP contribution in [0.1, 0.15) is 17.3 Å². The molecule has 1 amide bonds. The minimum Gasteiger partial charge on any atom is -0.550 e. The number of esters is 1. The zero-order valence-electron chi connectivity index (χ0n) is 13.5. The molecule has 3 heterocycles. The number of carbonyl (C=O) groups excluding carboxylic acids is 3. The van der Waals surface area contributed by atoms with Crippen LogP contribution in [0.25, 0.3) is 0 Å². The van der Waals surface area contributed by atoms with E-state index in [0.29, 0.717) is 11.3 Å². The van der Waals surface area contributed by atoms with Gasteiger partial charge in [-0.2, -0.15) is 0 Å². The second-order valence-electron chi connectivity index (χ2n) is 6.41. The molecule has 7 heteroatoms. The third-order valence-corrected chi connectivity index (χ3v) is 5.06. The maximum absolute atomic E-state index is 12.8. The fourth-order valence-electron chi connectivity index (χ4n) is 3.98. The molecule has 0 unspecified atom stereocenters. The van der Waals surface area contributed by atoms with E-state index in [0.717, 1.165) is 0 Å². The molecule has 130 valence electrons. The number of carboxylic acid groups (broad SMARTS) is 1. The zero-order valence-corrected chi connectivity index (χ0v) is 13.5. The first-order chi connectivity index (χ1) is 12.0. The molecule has 2 bridgehead atoms. The van der Waals surface area contributed by atoms with Crippen molar-refractivity contribution in [1.82, 2.24) is 0 Å². The number of aliphatic carboxylic acids is 1. The summed E-state index contributed by atoms with van der Waals surface area (Å²) in [5.41, 5.74) is 0.0615. The van der Waals surface area contributed by atoms with Crippen LogP contribution >= 0.6 is 0 Å². The van der Waals surface area contributed by atoms with Crippen LogP contribution in [0.4, 0.5) is 5.69 Å². The van der Waals surface area contributed by atoms with Crippen LogP contribution in [0.5, 0.6) is 0 Å². The molecule has 1 aromatic carbocycles. The van der Waals surface area contributed by atoms with Gasteiger partial charge in [0.05, 0.1) is 30.7 Å². The highest BCUT2D eigenvalue weighted by Gasteiger charge is 2.65. The molecule has 4 rings (SSSR count). The summed E-state index contributed by atoms with van der Waals surface area (Å²) in [7, 11) is 0. The van der Waals surface area contributed by atoms with Gasteiger partial charge in [-0.25, -0.2) is 4.79 Å². The first-order valence-electron chi connectivity index (χ1n) is 8.13. The molecule has 3 aliphatic heterocycles. The lowest BCUT2D eigenvalue weighted by atomic mass is 9.77. The van der Waals surface area contributed by atoms with E-state index in [-0.39, 0.29) is 19.1 Å². The van der Waals surface area contributed by atoms with Crippen LogP contribution in [-0.2, 0) is 19.1 Å². The summed E-state index contributed by atoms with van der Waals surface area (Å²) in [6, 6.07) is 6.45. The van der Waals surface area contributed by atoms with Crippen LogP contribution in [0.3, 0.4) is 0 Å². The van der Waals surface area contributed by atoms with Gasteiger partial charge in [-0.3, -0.25) is 4.79 Å². The van der Waals surface area contributed by atoms with E-state index >= 15 is 0 Å². The SMILES string of the molecule is CCOC(=O)c1ccc(N2C[C@@]34C=C[C@H](O3)[C@@H](C(=O)[O-])[C@@H]4C2=O)cc1. The lowest BCUT2D eigenvalue weighted by molar-refractivity contribution is -0.313. The second-order valence-corrected chi connectivity index (χ2v) is 6.41. The smallest absolute Gasteiger partial charge is 0.338 e. The van der Waals surface area contributed by atoms with Crippen LogP contribution in [0.2, 0.25) is 0 Å². The van der Waals surface area contributed by atoms with E-state index in [1.807, 2.05) is 0 Å². The zero-order chi connectivity index (χ0) is 17.8. The van der Waals surface area contributed by atoms with E-state index in [9.17, 15) is 19.5 Å². The molecule has 0 N–H and O–H groups in total. The number of hydrogen-bond acceptors (Lipinski definition) is 6. The average Bonchev–Trinajstić information content (AvgIpc) is 3.23. The van der Waals surface area contributed by atoms with Crippen molar-refractivity contribution >= 4 is 23.5 Å². The van der Waals surface area contributed by atoms with Gasteiger partial charge >= 0.3 is 5.97 Å². The fraction of sp³-hybridized carbons (Fsp3) is 0.389. The van der Waals surface area contributed by atoms with Crippen LogP contribution < -0.4 is 10.0 Å². The van der Waals surface area contributed by atoms with E-state index in [1.165, 1.54) is 4.90 Å². The van der Waals surface area contributed by atoms with E-state index in [2.05, 4.69) is 0 Å². The summed E-state index contributed by atoms with van der Waals surface area (Å²) < 4.78 is 10.7. The summed E-state index contributed by atoms with van der Waals surface area (Å²) >= 11 is 0. The molecule has 4 atom stereocenters. The van der Waals surface area contributed by atoms with Gasteiger partial charge in [-0.05, 0) is 31.2 Å². The number of ether oxygens (including phenoxy) is 2. The third kappa shape index (κ3) is 2.19. The number of hydrogen-bond donors (Lipinski definition) is 0. The van der Waals surface area contributed by atoms with Gasteiger partial charge in [0, 0.05) is 17.6 Å². The molecule has 0 radical (unpaired) electrons. The van der Waals surface area contributed by atoms with Gasteiger partial charge in [0.25, 0.3) is 0 Å². The Hall–Kier alpha value is -2.67. The number of rotatable bonds is 4. The Kier molecular flexibility index (Phi) is 3.43. The molecule has 1 aromatic rings. The second kappa shape index (κ2) is 5.42. The van der Waals surface area contributed by atoms with Crippen LogP contribution in [-0.4, -0.2) is 42.7 Å². The molecule has 7 nitrogen and oxygen atoms in total. The van der Waals surface area contributed by atoms with E-state index in [4.69, 9.17) is 9.47 Å². The van der Waals surface area contributed by atoms with Gasteiger partial charge in [0.1, 0.15) is 5.60 Å². The number of amides is 1. The number of benzene rings is 1. The van der Waals surface area contributed by atoms with Crippen molar-refractivity contribution in [2.75, 3.05) is 18.1 Å². The number of carboxylic acids is 1. The van der Waals surface area contributed by atoms with Crippen molar-refractivity contribution in [2.45, 2.75) is 18.6 Å². The molecular weight excluding hydrogens is 326 g/mol. The van der Waals surface area contributed by atoms with Crippen molar-refractivity contribution in [1.29, 1.82) is 0 Å². The normalized spacial score (nSPS) is 32.1. The predicted octanol–water partition coefficient (Wildman–Crippen LogP) is -0.100. The lowest BCUT2D eigenvalue weighted by Gasteiger charge is -2.24. The summed E-state index contributed by atoms with van der Waals surface area (Å²) in [4.78, 5) is 37.5. The quantitative estimate of drug-likeness (QED) is 0.560. The minimum atomic E-state index is -1.27. The summed E-state index contributed by atoms with van der Waals surface area (Å²) in [6.07, 6.45) is 2.87. The molecule has 0 saturated carbocycles. The minimum absolute atomic E-state index is 0.242. The van der Waals surface area contributed by atoms with Gasteiger partial charge in [-0.1, -0.05) is 12.2 Å². The topological polar surface area (TPSA) is 96.0 Å². The fourth-order valence-corrected chi connectivity index (χ4v) is 3.98. The largest absolute Gasteiger partial charge is 0.550 e. The Labute approximate surface area is 143 Å². The number of anilines is 1. The molecule has 0 aromatic heterocycles. The number of nitrogens with zero attached hydrogens (tertiary/aromatic N) is 1. The Bertz CT molecular complexity index is 785. The van der Waals surface area contributed by atoms with E-state index in [1.54, 1.807) is 43.3 Å². The van der Waals surface area contributed by atoms with Crippen molar-refractivity contribution in [3.8, 4) is 0 Å². The molecule has 1 spiro atoms. The molecule has 3 aliphatic rings.